The van der Waals surface area contributed by atoms with Crippen LogP contribution in [0, 0.1) is 0 Å². The zero-order valence-electron chi connectivity index (χ0n) is 10.4. The number of benzene rings is 1. The summed E-state index contributed by atoms with van der Waals surface area (Å²) in [6.07, 6.45) is 0. The van der Waals surface area contributed by atoms with E-state index in [9.17, 15) is 13.2 Å². The van der Waals surface area contributed by atoms with Gasteiger partial charge in [-0.1, -0.05) is 29.8 Å². The number of hydrogen-bond acceptors (Lipinski definition) is 3. The second-order valence-electron chi connectivity index (χ2n) is 4.19. The van der Waals surface area contributed by atoms with Crippen molar-refractivity contribution in [2.45, 2.75) is 25.9 Å². The van der Waals surface area contributed by atoms with Gasteiger partial charge in [-0.25, -0.2) is 0 Å². The van der Waals surface area contributed by atoms with E-state index in [-0.39, 0.29) is 16.6 Å². The molecule has 0 spiro atoms. The molecule has 0 aliphatic rings. The summed E-state index contributed by atoms with van der Waals surface area (Å²) in [5.41, 5.74) is 0.186. The number of aliphatic carboxylic acids is 1. The molecular weight excluding hydrogens is 292 g/mol. The van der Waals surface area contributed by atoms with Crippen LogP contribution in [0.3, 0.4) is 0 Å². The van der Waals surface area contributed by atoms with E-state index in [1.807, 2.05) is 0 Å². The first-order valence-electron chi connectivity index (χ1n) is 5.50. The average Bonchev–Trinajstić information content (AvgIpc) is 2.25. The quantitative estimate of drug-likeness (QED) is 0.738. The summed E-state index contributed by atoms with van der Waals surface area (Å²) in [5, 5.41) is 9.32. The average molecular weight is 307 g/mol. The van der Waals surface area contributed by atoms with E-state index in [4.69, 9.17) is 16.7 Å². The zero-order chi connectivity index (χ0) is 14.6. The van der Waals surface area contributed by atoms with Crippen molar-refractivity contribution >= 4 is 27.8 Å². The number of nitrogens with one attached hydrogen (secondary N) is 2. The number of hydrogen-bond donors (Lipinski definition) is 3. The Bertz CT molecular complexity index is 560. The Morgan fingerprint density at radius 3 is 2.32 bits per heavy atom. The van der Waals surface area contributed by atoms with Gasteiger partial charge in [-0.05, 0) is 25.5 Å². The molecule has 0 saturated carbocycles. The summed E-state index contributed by atoms with van der Waals surface area (Å²) in [6, 6.07) is 4.38. The van der Waals surface area contributed by atoms with Gasteiger partial charge in [0.2, 0.25) is 0 Å². The van der Waals surface area contributed by atoms with Gasteiger partial charge in [0.1, 0.15) is 6.04 Å². The molecule has 0 aliphatic carbocycles. The van der Waals surface area contributed by atoms with Gasteiger partial charge in [0, 0.05) is 11.1 Å². The third-order valence-electron chi connectivity index (χ3n) is 2.13. The lowest BCUT2D eigenvalue weighted by Gasteiger charge is -2.17. The summed E-state index contributed by atoms with van der Waals surface area (Å²) >= 11 is 5.88. The van der Waals surface area contributed by atoms with Crippen molar-refractivity contribution in [3.8, 4) is 0 Å². The Kier molecular flexibility index (Phi) is 5.30. The summed E-state index contributed by atoms with van der Waals surface area (Å²) < 4.78 is 27.7. The second kappa shape index (κ2) is 6.33. The summed E-state index contributed by atoms with van der Waals surface area (Å²) in [7, 11) is -3.93. The van der Waals surface area contributed by atoms with Gasteiger partial charge in [-0.15, -0.1) is 0 Å². The maximum Gasteiger partial charge on any atom is 0.326 e. The standard InChI is InChI=1S/C11H15ClN2O4S/c1-7(2)13-19(17,18)14-10(11(15)16)8-5-3-4-6-9(8)12/h3-7,10,13-14H,1-2H3,(H,15,16)/t10-/m1/s1. The van der Waals surface area contributed by atoms with Gasteiger partial charge < -0.3 is 5.11 Å². The fraction of sp³-hybridized carbons (Fsp3) is 0.364. The summed E-state index contributed by atoms with van der Waals surface area (Å²) in [4.78, 5) is 11.2. The van der Waals surface area contributed by atoms with E-state index in [2.05, 4.69) is 9.44 Å². The van der Waals surface area contributed by atoms with Crippen molar-refractivity contribution in [3.63, 3.8) is 0 Å². The van der Waals surface area contributed by atoms with Crippen LogP contribution in [0.15, 0.2) is 24.3 Å². The SMILES string of the molecule is CC(C)NS(=O)(=O)N[C@@H](C(=O)O)c1ccccc1Cl. The predicted octanol–water partition coefficient (Wildman–Crippen LogP) is 1.30. The highest BCUT2D eigenvalue weighted by atomic mass is 35.5. The van der Waals surface area contributed by atoms with Crippen molar-refractivity contribution in [3.05, 3.63) is 34.9 Å². The molecule has 1 atom stereocenters. The largest absolute Gasteiger partial charge is 0.480 e. The molecule has 1 rings (SSSR count). The maximum atomic E-state index is 11.7. The molecule has 6 nitrogen and oxygen atoms in total. The molecule has 0 saturated heterocycles. The first-order chi connectivity index (χ1) is 8.73. The van der Waals surface area contributed by atoms with Crippen LogP contribution in [0.25, 0.3) is 0 Å². The molecule has 0 aromatic heterocycles. The third-order valence-corrected chi connectivity index (χ3v) is 3.80. The van der Waals surface area contributed by atoms with E-state index in [1.54, 1.807) is 26.0 Å². The number of halogens is 1. The van der Waals surface area contributed by atoms with Crippen molar-refractivity contribution in [2.75, 3.05) is 0 Å². The Balaban J connectivity index is 3.05. The van der Waals surface area contributed by atoms with Crippen LogP contribution in [-0.2, 0) is 15.0 Å². The second-order valence-corrected chi connectivity index (χ2v) is 6.07. The lowest BCUT2D eigenvalue weighted by Crippen LogP contribution is -2.44. The smallest absolute Gasteiger partial charge is 0.326 e. The molecule has 1 aromatic carbocycles. The van der Waals surface area contributed by atoms with Crippen molar-refractivity contribution < 1.29 is 18.3 Å². The number of carbonyl (C=O) groups is 1. The molecule has 0 aliphatic heterocycles. The molecule has 8 heteroatoms. The molecule has 0 bridgehead atoms. The van der Waals surface area contributed by atoms with E-state index >= 15 is 0 Å². The minimum Gasteiger partial charge on any atom is -0.480 e. The van der Waals surface area contributed by atoms with Crippen LogP contribution in [0.1, 0.15) is 25.5 Å². The van der Waals surface area contributed by atoms with E-state index in [1.165, 1.54) is 12.1 Å². The minimum atomic E-state index is -3.93. The fourth-order valence-corrected chi connectivity index (χ4v) is 2.93. The lowest BCUT2D eigenvalue weighted by atomic mass is 10.1. The van der Waals surface area contributed by atoms with Gasteiger partial charge in [-0.2, -0.15) is 17.9 Å². The minimum absolute atomic E-state index is 0.183. The Labute approximate surface area is 117 Å². The molecular formula is C11H15ClN2O4S. The Morgan fingerprint density at radius 1 is 1.26 bits per heavy atom. The normalized spacial score (nSPS) is 13.5. The molecule has 0 unspecified atom stereocenters. The van der Waals surface area contributed by atoms with Crippen LogP contribution < -0.4 is 9.44 Å². The van der Waals surface area contributed by atoms with Crippen molar-refractivity contribution in [1.29, 1.82) is 0 Å². The molecule has 19 heavy (non-hydrogen) atoms. The number of rotatable bonds is 6. The highest BCUT2D eigenvalue weighted by Gasteiger charge is 2.27. The van der Waals surface area contributed by atoms with Crippen LogP contribution in [0.4, 0.5) is 0 Å². The van der Waals surface area contributed by atoms with Gasteiger partial charge in [0.25, 0.3) is 10.2 Å². The van der Waals surface area contributed by atoms with Crippen LogP contribution in [0.2, 0.25) is 5.02 Å². The van der Waals surface area contributed by atoms with Gasteiger partial charge in [0.15, 0.2) is 0 Å². The number of carboxylic acid groups (broad SMARTS) is 1. The molecule has 0 amide bonds. The van der Waals surface area contributed by atoms with Gasteiger partial charge in [-0.3, -0.25) is 4.79 Å². The van der Waals surface area contributed by atoms with E-state index < -0.39 is 22.2 Å². The summed E-state index contributed by atoms with van der Waals surface area (Å²) in [6.45, 7) is 3.26. The number of carboxylic acids is 1. The molecule has 3 N–H and O–H groups in total. The van der Waals surface area contributed by atoms with Crippen LogP contribution >= 0.6 is 11.6 Å². The van der Waals surface area contributed by atoms with Crippen LogP contribution in [0.5, 0.6) is 0 Å². The van der Waals surface area contributed by atoms with E-state index in [0.717, 1.165) is 0 Å². The molecule has 0 heterocycles. The Morgan fingerprint density at radius 2 is 1.84 bits per heavy atom. The first kappa shape index (κ1) is 15.9. The highest BCUT2D eigenvalue weighted by molar-refractivity contribution is 7.87. The zero-order valence-corrected chi connectivity index (χ0v) is 12.0. The van der Waals surface area contributed by atoms with E-state index in [0.29, 0.717) is 0 Å². The highest BCUT2D eigenvalue weighted by Crippen LogP contribution is 2.23. The van der Waals surface area contributed by atoms with Gasteiger partial charge in [0.05, 0.1) is 0 Å². The third kappa shape index (κ3) is 4.79. The maximum absolute atomic E-state index is 11.7. The van der Waals surface area contributed by atoms with Gasteiger partial charge >= 0.3 is 5.97 Å². The van der Waals surface area contributed by atoms with Crippen LogP contribution in [-0.4, -0.2) is 25.5 Å². The Hall–Kier alpha value is -1.15. The predicted molar refractivity (Wildman–Crippen MR) is 72.2 cm³/mol. The monoisotopic (exact) mass is 306 g/mol. The van der Waals surface area contributed by atoms with Crippen molar-refractivity contribution in [2.24, 2.45) is 0 Å². The molecule has 0 fully saturated rings. The molecule has 106 valence electrons. The molecule has 1 aromatic rings. The first-order valence-corrected chi connectivity index (χ1v) is 7.36. The topological polar surface area (TPSA) is 95.5 Å². The summed E-state index contributed by atoms with van der Waals surface area (Å²) in [5.74, 6) is -1.33. The molecule has 0 radical (unpaired) electrons. The fourth-order valence-electron chi connectivity index (χ4n) is 1.46. The van der Waals surface area contributed by atoms with Crippen molar-refractivity contribution in [1.82, 2.24) is 9.44 Å². The lowest BCUT2D eigenvalue weighted by molar-refractivity contribution is -0.139.